The Labute approximate surface area is 141 Å². The van der Waals surface area contributed by atoms with Gasteiger partial charge in [0.25, 0.3) is 0 Å². The number of likely N-dealkylation sites (tertiary alicyclic amines) is 1. The van der Waals surface area contributed by atoms with E-state index in [4.69, 9.17) is 5.11 Å². The summed E-state index contributed by atoms with van der Waals surface area (Å²) in [6.45, 7) is 3.01. The monoisotopic (exact) mass is 333 g/mol. The first-order valence-electron chi connectivity index (χ1n) is 8.46. The van der Waals surface area contributed by atoms with Crippen molar-refractivity contribution in [1.82, 2.24) is 14.7 Å². The predicted octanol–water partition coefficient (Wildman–Crippen LogP) is 1.93. The Hall–Kier alpha value is -1.76. The van der Waals surface area contributed by atoms with Crippen LogP contribution in [0.1, 0.15) is 36.1 Å². The van der Waals surface area contributed by atoms with Gasteiger partial charge in [0.2, 0.25) is 0 Å². The van der Waals surface area contributed by atoms with Gasteiger partial charge in [-0.05, 0) is 49.7 Å². The van der Waals surface area contributed by atoms with E-state index in [1.54, 1.807) is 18.3 Å². The normalized spacial score (nSPS) is 18.0. The summed E-state index contributed by atoms with van der Waals surface area (Å²) in [6, 6.07) is 8.07. The van der Waals surface area contributed by atoms with E-state index in [-0.39, 0.29) is 12.4 Å². The van der Waals surface area contributed by atoms with Crippen LogP contribution < -0.4 is 0 Å². The van der Waals surface area contributed by atoms with Crippen molar-refractivity contribution >= 4 is 0 Å². The molecule has 3 rings (SSSR count). The summed E-state index contributed by atoms with van der Waals surface area (Å²) >= 11 is 0. The second-order valence-corrected chi connectivity index (χ2v) is 6.35. The van der Waals surface area contributed by atoms with Crippen LogP contribution in [-0.2, 0) is 6.54 Å². The number of hydrogen-bond donors (Lipinski definition) is 2. The largest absolute Gasteiger partial charge is 0.394 e. The highest BCUT2D eigenvalue weighted by Gasteiger charge is 2.24. The lowest BCUT2D eigenvalue weighted by Gasteiger charge is -2.33. The number of aliphatic hydroxyl groups excluding tert-OH is 2. The molecule has 2 heterocycles. The Morgan fingerprint density at radius 1 is 1.17 bits per heavy atom. The molecule has 0 aliphatic carbocycles. The Bertz CT molecular complexity index is 636. The minimum atomic E-state index is -0.595. The van der Waals surface area contributed by atoms with Gasteiger partial charge >= 0.3 is 0 Å². The third-order valence-electron chi connectivity index (χ3n) is 4.75. The first-order valence-corrected chi connectivity index (χ1v) is 8.46. The van der Waals surface area contributed by atoms with Crippen molar-refractivity contribution in [2.45, 2.75) is 31.4 Å². The predicted molar refractivity (Wildman–Crippen MR) is 89.1 cm³/mol. The molecular weight excluding hydrogens is 309 g/mol. The molecule has 24 heavy (non-hydrogen) atoms. The molecule has 0 amide bonds. The molecule has 1 aromatic heterocycles. The molecule has 1 aromatic carbocycles. The van der Waals surface area contributed by atoms with E-state index in [1.165, 1.54) is 17.8 Å². The van der Waals surface area contributed by atoms with Gasteiger partial charge in [-0.15, -0.1) is 0 Å². The highest BCUT2D eigenvalue weighted by Crippen LogP contribution is 2.28. The van der Waals surface area contributed by atoms with Gasteiger partial charge < -0.3 is 15.1 Å². The number of hydrogen-bond acceptors (Lipinski definition) is 4. The van der Waals surface area contributed by atoms with E-state index >= 15 is 0 Å². The maximum atomic E-state index is 13.0. The zero-order valence-corrected chi connectivity index (χ0v) is 13.7. The van der Waals surface area contributed by atoms with Crippen LogP contribution in [0, 0.1) is 5.82 Å². The second-order valence-electron chi connectivity index (χ2n) is 6.35. The van der Waals surface area contributed by atoms with Crippen LogP contribution in [0.2, 0.25) is 0 Å². The van der Waals surface area contributed by atoms with Crippen molar-refractivity contribution in [3.8, 4) is 0 Å². The van der Waals surface area contributed by atoms with Crippen molar-refractivity contribution in [1.29, 1.82) is 0 Å². The topological polar surface area (TPSA) is 61.5 Å². The average molecular weight is 333 g/mol. The summed E-state index contributed by atoms with van der Waals surface area (Å²) in [5.41, 5.74) is 1.93. The maximum absolute atomic E-state index is 13.0. The fraction of sp³-hybridized carbons (Fsp3) is 0.500. The first kappa shape index (κ1) is 17.1. The van der Waals surface area contributed by atoms with Gasteiger partial charge in [0.05, 0.1) is 19.3 Å². The average Bonchev–Trinajstić information content (AvgIpc) is 3.05. The fourth-order valence-corrected chi connectivity index (χ4v) is 3.42. The van der Waals surface area contributed by atoms with Gasteiger partial charge in [-0.2, -0.15) is 5.10 Å². The lowest BCUT2D eigenvalue weighted by atomic mass is 9.93. The van der Waals surface area contributed by atoms with Crippen molar-refractivity contribution in [3.63, 3.8) is 0 Å². The van der Waals surface area contributed by atoms with Crippen LogP contribution in [-0.4, -0.2) is 51.1 Å². The van der Waals surface area contributed by atoms with Crippen LogP contribution in [0.3, 0.4) is 0 Å². The molecule has 5 nitrogen and oxygen atoms in total. The zero-order valence-electron chi connectivity index (χ0n) is 13.7. The molecule has 0 unspecified atom stereocenters. The third-order valence-corrected chi connectivity index (χ3v) is 4.75. The van der Waals surface area contributed by atoms with Crippen molar-refractivity contribution in [2.75, 3.05) is 26.2 Å². The van der Waals surface area contributed by atoms with Crippen LogP contribution in [0.25, 0.3) is 0 Å². The molecule has 0 saturated carbocycles. The number of piperidine rings is 1. The SMILES string of the molecule is OCCn1nccc1C1CCN(C[C@H](O)c2ccc(F)cc2)CC1. The number of aromatic nitrogens is 2. The summed E-state index contributed by atoms with van der Waals surface area (Å²) < 4.78 is 14.8. The van der Waals surface area contributed by atoms with E-state index < -0.39 is 6.10 Å². The van der Waals surface area contributed by atoms with Gasteiger partial charge in [-0.3, -0.25) is 4.68 Å². The molecule has 1 aliphatic heterocycles. The third kappa shape index (κ3) is 4.01. The van der Waals surface area contributed by atoms with Gasteiger partial charge in [0.15, 0.2) is 0 Å². The molecule has 2 N–H and O–H groups in total. The van der Waals surface area contributed by atoms with Gasteiger partial charge in [0.1, 0.15) is 5.82 Å². The minimum Gasteiger partial charge on any atom is -0.394 e. The summed E-state index contributed by atoms with van der Waals surface area (Å²) in [6.07, 6.45) is 3.21. The quantitative estimate of drug-likeness (QED) is 0.848. The standard InChI is InChI=1S/C18H24FN3O2/c19-16-3-1-15(2-4-16)18(24)13-21-9-6-14(7-10-21)17-5-8-20-22(17)11-12-23/h1-5,8,14,18,23-24H,6-7,9-13H2/t18-/m0/s1. The molecule has 0 bridgehead atoms. The molecule has 1 saturated heterocycles. The van der Waals surface area contributed by atoms with E-state index in [2.05, 4.69) is 10.00 Å². The first-order chi connectivity index (χ1) is 11.7. The summed E-state index contributed by atoms with van der Waals surface area (Å²) in [7, 11) is 0. The van der Waals surface area contributed by atoms with Crippen LogP contribution in [0.5, 0.6) is 0 Å². The number of β-amino-alcohol motifs (C(OH)–C–C–N with tert-alkyl or cyclic N) is 1. The highest BCUT2D eigenvalue weighted by atomic mass is 19.1. The van der Waals surface area contributed by atoms with Gasteiger partial charge in [-0.25, -0.2) is 4.39 Å². The Balaban J connectivity index is 1.53. The van der Waals surface area contributed by atoms with Crippen molar-refractivity contribution < 1.29 is 14.6 Å². The second kappa shape index (κ2) is 7.88. The highest BCUT2D eigenvalue weighted by molar-refractivity contribution is 5.19. The van der Waals surface area contributed by atoms with Crippen LogP contribution in [0.15, 0.2) is 36.5 Å². The fourth-order valence-electron chi connectivity index (χ4n) is 3.42. The number of nitrogens with zero attached hydrogens (tertiary/aromatic N) is 3. The minimum absolute atomic E-state index is 0.0946. The van der Waals surface area contributed by atoms with Crippen LogP contribution >= 0.6 is 0 Å². The molecule has 130 valence electrons. The molecular formula is C18H24FN3O2. The smallest absolute Gasteiger partial charge is 0.123 e. The lowest BCUT2D eigenvalue weighted by Crippen LogP contribution is -2.36. The number of aliphatic hydroxyl groups is 2. The summed E-state index contributed by atoms with van der Waals surface area (Å²) in [5.74, 6) is 0.157. The summed E-state index contributed by atoms with van der Waals surface area (Å²) in [4.78, 5) is 2.25. The number of halogens is 1. The Morgan fingerprint density at radius 2 is 1.88 bits per heavy atom. The Kier molecular flexibility index (Phi) is 5.60. The molecule has 2 aromatic rings. The van der Waals surface area contributed by atoms with E-state index in [1.807, 2.05) is 10.7 Å². The van der Waals surface area contributed by atoms with Crippen LogP contribution in [0.4, 0.5) is 4.39 Å². The molecule has 1 atom stereocenters. The molecule has 0 spiro atoms. The van der Waals surface area contributed by atoms with Gasteiger partial charge in [0, 0.05) is 24.4 Å². The molecule has 6 heteroatoms. The maximum Gasteiger partial charge on any atom is 0.123 e. The molecule has 1 fully saturated rings. The van der Waals surface area contributed by atoms with Gasteiger partial charge in [-0.1, -0.05) is 12.1 Å². The number of rotatable bonds is 6. The lowest BCUT2D eigenvalue weighted by molar-refractivity contribution is 0.0963. The molecule has 0 radical (unpaired) electrons. The van der Waals surface area contributed by atoms with Crippen molar-refractivity contribution in [3.05, 3.63) is 53.6 Å². The number of benzene rings is 1. The Morgan fingerprint density at radius 3 is 2.54 bits per heavy atom. The van der Waals surface area contributed by atoms with Crippen molar-refractivity contribution in [2.24, 2.45) is 0 Å². The summed E-state index contributed by atoms with van der Waals surface area (Å²) in [5, 5.41) is 23.7. The van der Waals surface area contributed by atoms with E-state index in [0.29, 0.717) is 19.0 Å². The van der Waals surface area contributed by atoms with E-state index in [0.717, 1.165) is 31.5 Å². The molecule has 1 aliphatic rings. The zero-order chi connectivity index (χ0) is 16.9. The van der Waals surface area contributed by atoms with E-state index in [9.17, 15) is 9.50 Å².